The Labute approximate surface area is 108 Å². The van der Waals surface area contributed by atoms with Crippen molar-refractivity contribution < 1.29 is 9.90 Å². The van der Waals surface area contributed by atoms with Crippen LogP contribution in [0.15, 0.2) is 30.3 Å². The van der Waals surface area contributed by atoms with Crippen molar-refractivity contribution in [2.75, 3.05) is 13.1 Å². The predicted octanol–water partition coefficient (Wildman–Crippen LogP) is 2.73. The number of aliphatic carboxylic acids is 1. The minimum Gasteiger partial charge on any atom is -0.481 e. The lowest BCUT2D eigenvalue weighted by Crippen LogP contribution is -2.28. The van der Waals surface area contributed by atoms with E-state index in [2.05, 4.69) is 36.1 Å². The maximum atomic E-state index is 10.5. The first kappa shape index (κ1) is 13.1. The standard InChI is InChI=1S/C15H21NO2/c1-12-10-14(13-6-3-2-4-7-13)11-16(12)9-5-8-15(17)18/h2-4,6-7,12,14H,5,8-11H2,1H3,(H,17,18)/t12-,14+/m1/s1. The zero-order valence-electron chi connectivity index (χ0n) is 10.9. The van der Waals surface area contributed by atoms with Gasteiger partial charge in [-0.15, -0.1) is 0 Å². The van der Waals surface area contributed by atoms with E-state index in [1.54, 1.807) is 0 Å². The monoisotopic (exact) mass is 247 g/mol. The van der Waals surface area contributed by atoms with E-state index in [0.717, 1.165) is 19.5 Å². The highest BCUT2D eigenvalue weighted by Gasteiger charge is 2.29. The van der Waals surface area contributed by atoms with Gasteiger partial charge in [-0.3, -0.25) is 4.79 Å². The van der Waals surface area contributed by atoms with Crippen LogP contribution in [0.4, 0.5) is 0 Å². The molecule has 0 spiro atoms. The molecule has 1 aromatic rings. The maximum Gasteiger partial charge on any atom is 0.303 e. The predicted molar refractivity (Wildman–Crippen MR) is 71.7 cm³/mol. The number of likely N-dealkylation sites (tertiary alicyclic amines) is 1. The summed E-state index contributed by atoms with van der Waals surface area (Å²) in [6, 6.07) is 11.2. The van der Waals surface area contributed by atoms with E-state index in [0.29, 0.717) is 12.0 Å². The highest BCUT2D eigenvalue weighted by molar-refractivity contribution is 5.66. The van der Waals surface area contributed by atoms with Gasteiger partial charge in [0.2, 0.25) is 0 Å². The third-order valence-corrected chi connectivity index (χ3v) is 3.81. The molecular formula is C15H21NO2. The molecule has 0 unspecified atom stereocenters. The van der Waals surface area contributed by atoms with Gasteiger partial charge in [-0.05, 0) is 37.8 Å². The average Bonchev–Trinajstić information content (AvgIpc) is 2.72. The fraction of sp³-hybridized carbons (Fsp3) is 0.533. The molecule has 0 saturated carbocycles. The summed E-state index contributed by atoms with van der Waals surface area (Å²) in [5.74, 6) is -0.0903. The molecule has 0 amide bonds. The van der Waals surface area contributed by atoms with Crippen molar-refractivity contribution >= 4 is 5.97 Å². The Morgan fingerprint density at radius 2 is 2.11 bits per heavy atom. The summed E-state index contributed by atoms with van der Waals surface area (Å²) in [5.41, 5.74) is 1.41. The molecule has 98 valence electrons. The van der Waals surface area contributed by atoms with E-state index in [1.165, 1.54) is 12.0 Å². The third kappa shape index (κ3) is 3.33. The minimum atomic E-state index is -0.693. The lowest BCUT2D eigenvalue weighted by molar-refractivity contribution is -0.137. The molecule has 1 N–H and O–H groups in total. The number of hydrogen-bond acceptors (Lipinski definition) is 2. The number of carboxylic acids is 1. The SMILES string of the molecule is C[C@@H]1C[C@H](c2ccccc2)CN1CCCC(=O)O. The first-order valence-electron chi connectivity index (χ1n) is 6.67. The molecular weight excluding hydrogens is 226 g/mol. The highest BCUT2D eigenvalue weighted by atomic mass is 16.4. The quantitative estimate of drug-likeness (QED) is 0.869. The summed E-state index contributed by atoms with van der Waals surface area (Å²) in [6.07, 6.45) is 2.21. The van der Waals surface area contributed by atoms with E-state index in [9.17, 15) is 4.79 Å². The summed E-state index contributed by atoms with van der Waals surface area (Å²) in [6.45, 7) is 4.20. The minimum absolute atomic E-state index is 0.277. The van der Waals surface area contributed by atoms with Crippen LogP contribution in [0.2, 0.25) is 0 Å². The van der Waals surface area contributed by atoms with Crippen LogP contribution in [-0.4, -0.2) is 35.1 Å². The van der Waals surface area contributed by atoms with Crippen LogP contribution >= 0.6 is 0 Å². The average molecular weight is 247 g/mol. The summed E-state index contributed by atoms with van der Waals surface area (Å²) in [5, 5.41) is 8.66. The first-order chi connectivity index (χ1) is 8.66. The van der Waals surface area contributed by atoms with Crippen LogP contribution in [0.5, 0.6) is 0 Å². The Bertz CT molecular complexity index is 391. The zero-order chi connectivity index (χ0) is 13.0. The van der Waals surface area contributed by atoms with Crippen LogP contribution in [-0.2, 0) is 4.79 Å². The Morgan fingerprint density at radius 3 is 2.78 bits per heavy atom. The lowest BCUT2D eigenvalue weighted by Gasteiger charge is -2.20. The van der Waals surface area contributed by atoms with E-state index in [-0.39, 0.29) is 6.42 Å². The molecule has 18 heavy (non-hydrogen) atoms. The van der Waals surface area contributed by atoms with E-state index < -0.39 is 5.97 Å². The summed E-state index contributed by atoms with van der Waals surface area (Å²) >= 11 is 0. The van der Waals surface area contributed by atoms with Gasteiger partial charge in [0.1, 0.15) is 0 Å². The van der Waals surface area contributed by atoms with Gasteiger partial charge < -0.3 is 10.0 Å². The highest BCUT2D eigenvalue weighted by Crippen LogP contribution is 2.31. The van der Waals surface area contributed by atoms with E-state index >= 15 is 0 Å². The van der Waals surface area contributed by atoms with Crippen LogP contribution in [0.1, 0.15) is 37.7 Å². The van der Waals surface area contributed by atoms with Gasteiger partial charge in [0.15, 0.2) is 0 Å². The third-order valence-electron chi connectivity index (χ3n) is 3.81. The van der Waals surface area contributed by atoms with Crippen molar-refractivity contribution in [1.82, 2.24) is 4.90 Å². The molecule has 1 heterocycles. The molecule has 3 heteroatoms. The smallest absolute Gasteiger partial charge is 0.303 e. The van der Waals surface area contributed by atoms with Crippen molar-refractivity contribution in [2.24, 2.45) is 0 Å². The van der Waals surface area contributed by atoms with Crippen LogP contribution < -0.4 is 0 Å². The molecule has 0 aromatic heterocycles. The summed E-state index contributed by atoms with van der Waals surface area (Å²) in [7, 11) is 0. The Kier molecular flexibility index (Phi) is 4.37. The van der Waals surface area contributed by atoms with Gasteiger partial charge in [-0.1, -0.05) is 30.3 Å². The van der Waals surface area contributed by atoms with Crippen molar-refractivity contribution in [2.45, 2.75) is 38.1 Å². The molecule has 1 saturated heterocycles. The second-order valence-corrected chi connectivity index (χ2v) is 5.18. The van der Waals surface area contributed by atoms with Crippen molar-refractivity contribution in [3.8, 4) is 0 Å². The molecule has 3 nitrogen and oxygen atoms in total. The van der Waals surface area contributed by atoms with E-state index in [1.807, 2.05) is 6.07 Å². The fourth-order valence-electron chi connectivity index (χ4n) is 2.81. The van der Waals surface area contributed by atoms with Gasteiger partial charge >= 0.3 is 5.97 Å². The van der Waals surface area contributed by atoms with Gasteiger partial charge in [-0.2, -0.15) is 0 Å². The number of hydrogen-bond donors (Lipinski definition) is 1. The largest absolute Gasteiger partial charge is 0.481 e. The second-order valence-electron chi connectivity index (χ2n) is 5.18. The van der Waals surface area contributed by atoms with Crippen molar-refractivity contribution in [3.63, 3.8) is 0 Å². The molecule has 0 radical (unpaired) electrons. The summed E-state index contributed by atoms with van der Waals surface area (Å²) in [4.78, 5) is 12.9. The fourth-order valence-corrected chi connectivity index (χ4v) is 2.81. The Balaban J connectivity index is 1.87. The van der Waals surface area contributed by atoms with Crippen molar-refractivity contribution in [3.05, 3.63) is 35.9 Å². The van der Waals surface area contributed by atoms with Gasteiger partial charge in [0.05, 0.1) is 0 Å². The topological polar surface area (TPSA) is 40.5 Å². The zero-order valence-corrected chi connectivity index (χ0v) is 10.9. The second kappa shape index (κ2) is 6.01. The molecule has 0 bridgehead atoms. The summed E-state index contributed by atoms with van der Waals surface area (Å²) < 4.78 is 0. The van der Waals surface area contributed by atoms with Crippen LogP contribution in [0.3, 0.4) is 0 Å². The lowest BCUT2D eigenvalue weighted by atomic mass is 9.97. The van der Waals surface area contributed by atoms with Crippen molar-refractivity contribution in [1.29, 1.82) is 0 Å². The molecule has 1 aliphatic heterocycles. The molecule has 2 rings (SSSR count). The van der Waals surface area contributed by atoms with E-state index in [4.69, 9.17) is 5.11 Å². The number of carboxylic acid groups (broad SMARTS) is 1. The van der Waals surface area contributed by atoms with Gasteiger partial charge in [0.25, 0.3) is 0 Å². The normalized spacial score (nSPS) is 24.3. The molecule has 0 aliphatic carbocycles. The molecule has 2 atom stereocenters. The number of rotatable bonds is 5. The number of nitrogens with zero attached hydrogens (tertiary/aromatic N) is 1. The van der Waals surface area contributed by atoms with Gasteiger partial charge in [0, 0.05) is 19.0 Å². The molecule has 1 aliphatic rings. The first-order valence-corrected chi connectivity index (χ1v) is 6.67. The maximum absolute atomic E-state index is 10.5. The molecule has 1 fully saturated rings. The number of benzene rings is 1. The molecule has 1 aromatic carbocycles. The van der Waals surface area contributed by atoms with Crippen LogP contribution in [0.25, 0.3) is 0 Å². The number of carbonyl (C=O) groups is 1. The Morgan fingerprint density at radius 1 is 1.39 bits per heavy atom. The Hall–Kier alpha value is -1.35. The van der Waals surface area contributed by atoms with Gasteiger partial charge in [-0.25, -0.2) is 0 Å². The van der Waals surface area contributed by atoms with Crippen LogP contribution in [0, 0.1) is 0 Å².